The van der Waals surface area contributed by atoms with E-state index >= 15 is 0 Å². The molecule has 5 nitrogen and oxygen atoms in total. The van der Waals surface area contributed by atoms with Crippen LogP contribution in [0.15, 0.2) is 47.9 Å². The second kappa shape index (κ2) is 8.99. The molecule has 0 unspecified atom stereocenters. The van der Waals surface area contributed by atoms with Crippen LogP contribution in [0.2, 0.25) is 0 Å². The average Bonchev–Trinajstić information content (AvgIpc) is 3.35. The Kier molecular flexibility index (Phi) is 6.19. The molecule has 2 aromatic heterocycles. The first-order chi connectivity index (χ1) is 14.2. The number of nitrogens with one attached hydrogen (secondary N) is 1. The van der Waals surface area contributed by atoms with Gasteiger partial charge in [0.2, 0.25) is 5.91 Å². The summed E-state index contributed by atoms with van der Waals surface area (Å²) in [7, 11) is 0. The Bertz CT molecular complexity index is 993. The molecule has 6 heteroatoms. The summed E-state index contributed by atoms with van der Waals surface area (Å²) in [6, 6.07) is 10.5. The van der Waals surface area contributed by atoms with E-state index in [1.165, 1.54) is 24.0 Å². The van der Waals surface area contributed by atoms with E-state index in [2.05, 4.69) is 53.0 Å². The van der Waals surface area contributed by atoms with Crippen LogP contribution in [0.3, 0.4) is 0 Å². The van der Waals surface area contributed by atoms with Gasteiger partial charge in [-0.25, -0.2) is 4.98 Å². The molecular formula is C23H28N4OS. The largest absolute Gasteiger partial charge is 0.352 e. The van der Waals surface area contributed by atoms with Crippen LogP contribution in [0.1, 0.15) is 56.2 Å². The monoisotopic (exact) mass is 408 g/mol. The van der Waals surface area contributed by atoms with Crippen molar-refractivity contribution >= 4 is 28.7 Å². The fourth-order valence-electron chi connectivity index (χ4n) is 4.12. The van der Waals surface area contributed by atoms with Gasteiger partial charge >= 0.3 is 0 Å². The fraction of sp³-hybridized carbons (Fsp3) is 0.435. The van der Waals surface area contributed by atoms with Gasteiger partial charge < -0.3 is 9.88 Å². The highest BCUT2D eigenvalue weighted by atomic mass is 32.2. The van der Waals surface area contributed by atoms with Crippen LogP contribution in [0.25, 0.3) is 11.0 Å². The summed E-state index contributed by atoms with van der Waals surface area (Å²) in [5.74, 6) is 0.916. The van der Waals surface area contributed by atoms with Crippen LogP contribution < -0.4 is 5.32 Å². The Hall–Kier alpha value is -2.34. The van der Waals surface area contributed by atoms with Gasteiger partial charge in [-0.3, -0.25) is 9.78 Å². The maximum absolute atomic E-state index is 13.2. The van der Waals surface area contributed by atoms with Gasteiger partial charge in [0.15, 0.2) is 5.16 Å². The minimum atomic E-state index is -0.273. The molecular weight excluding hydrogens is 380 g/mol. The summed E-state index contributed by atoms with van der Waals surface area (Å²) in [5, 5.41) is 4.15. The van der Waals surface area contributed by atoms with Gasteiger partial charge in [-0.05, 0) is 37.8 Å². The lowest BCUT2D eigenvalue weighted by molar-refractivity contribution is -0.125. The maximum Gasteiger partial charge on any atom is 0.243 e. The minimum Gasteiger partial charge on any atom is -0.352 e. The Morgan fingerprint density at radius 2 is 2.14 bits per heavy atom. The predicted molar refractivity (Wildman–Crippen MR) is 118 cm³/mol. The summed E-state index contributed by atoms with van der Waals surface area (Å²) in [6.45, 7) is 4.17. The van der Waals surface area contributed by atoms with Crippen LogP contribution >= 0.6 is 11.8 Å². The molecule has 1 aliphatic rings. The number of hydrogen-bond acceptors (Lipinski definition) is 4. The normalized spacial score (nSPS) is 15.7. The molecule has 0 bridgehead atoms. The van der Waals surface area contributed by atoms with Gasteiger partial charge in [-0.1, -0.05) is 61.4 Å². The number of carbonyl (C=O) groups is 1. The summed E-state index contributed by atoms with van der Waals surface area (Å²) >= 11 is 1.68. The highest BCUT2D eigenvalue weighted by Crippen LogP contribution is 2.31. The van der Waals surface area contributed by atoms with Crippen molar-refractivity contribution in [3.8, 4) is 0 Å². The van der Waals surface area contributed by atoms with Crippen LogP contribution in [0.5, 0.6) is 0 Å². The topological polar surface area (TPSA) is 59.8 Å². The predicted octanol–water partition coefficient (Wildman–Crippen LogP) is 5.04. The van der Waals surface area contributed by atoms with E-state index in [9.17, 15) is 4.79 Å². The van der Waals surface area contributed by atoms with E-state index in [0.717, 1.165) is 41.2 Å². The smallest absolute Gasteiger partial charge is 0.243 e. The number of amides is 1. The highest BCUT2D eigenvalue weighted by Gasteiger charge is 2.27. The highest BCUT2D eigenvalue weighted by molar-refractivity contribution is 7.98. The maximum atomic E-state index is 13.2. The Labute approximate surface area is 176 Å². The standard InChI is InChI=1S/C23H28N4OS/c1-3-20(22(28)25-18-9-4-5-10-18)27-21-14-24-12-11-19(21)26-23(27)29-15-17-8-6-7-16(2)13-17/h6-8,11-14,18,20H,3-5,9-10,15H2,1-2H3,(H,25,28)/t20-/m0/s1. The zero-order valence-corrected chi connectivity index (χ0v) is 17.9. The summed E-state index contributed by atoms with van der Waals surface area (Å²) in [4.78, 5) is 22.3. The number of nitrogens with zero attached hydrogens (tertiary/aromatic N) is 3. The fourth-order valence-corrected chi connectivity index (χ4v) is 5.13. The number of rotatable bonds is 7. The van der Waals surface area contributed by atoms with E-state index in [-0.39, 0.29) is 11.9 Å². The van der Waals surface area contributed by atoms with Crippen molar-refractivity contribution in [1.29, 1.82) is 0 Å². The number of pyridine rings is 1. The third-order valence-electron chi connectivity index (χ3n) is 5.61. The number of fused-ring (bicyclic) bond motifs is 1. The lowest BCUT2D eigenvalue weighted by atomic mass is 10.1. The number of benzene rings is 1. The van der Waals surface area contributed by atoms with Crippen molar-refractivity contribution < 1.29 is 4.79 Å². The molecule has 29 heavy (non-hydrogen) atoms. The molecule has 4 rings (SSSR count). The molecule has 1 fully saturated rings. The lowest BCUT2D eigenvalue weighted by Crippen LogP contribution is -2.38. The molecule has 1 amide bonds. The molecule has 1 N–H and O–H groups in total. The average molecular weight is 409 g/mol. The number of thioether (sulfide) groups is 1. The quantitative estimate of drug-likeness (QED) is 0.556. The summed E-state index contributed by atoms with van der Waals surface area (Å²) in [5.41, 5.74) is 4.32. The Morgan fingerprint density at radius 1 is 1.31 bits per heavy atom. The van der Waals surface area contributed by atoms with Gasteiger partial charge in [-0.15, -0.1) is 0 Å². The second-order valence-corrected chi connectivity index (χ2v) is 8.76. The molecule has 1 saturated carbocycles. The zero-order chi connectivity index (χ0) is 20.2. The van der Waals surface area contributed by atoms with E-state index in [1.807, 2.05) is 12.3 Å². The van der Waals surface area contributed by atoms with Gasteiger partial charge in [0, 0.05) is 18.0 Å². The Morgan fingerprint density at radius 3 is 2.90 bits per heavy atom. The number of aromatic nitrogens is 3. The minimum absolute atomic E-state index is 0.0972. The summed E-state index contributed by atoms with van der Waals surface area (Å²) < 4.78 is 2.09. The molecule has 1 aromatic carbocycles. The van der Waals surface area contributed by atoms with Crippen LogP contribution in [0.4, 0.5) is 0 Å². The molecule has 1 aliphatic carbocycles. The van der Waals surface area contributed by atoms with Crippen molar-refractivity contribution in [2.24, 2.45) is 0 Å². The molecule has 0 spiro atoms. The molecule has 2 heterocycles. The first-order valence-corrected chi connectivity index (χ1v) is 11.4. The van der Waals surface area contributed by atoms with E-state index in [1.54, 1.807) is 18.0 Å². The van der Waals surface area contributed by atoms with Crippen LogP contribution in [0, 0.1) is 6.92 Å². The lowest BCUT2D eigenvalue weighted by Gasteiger charge is -2.22. The number of hydrogen-bond donors (Lipinski definition) is 1. The molecule has 1 atom stereocenters. The Balaban J connectivity index is 1.63. The molecule has 0 radical (unpaired) electrons. The van der Waals surface area contributed by atoms with E-state index in [4.69, 9.17) is 4.98 Å². The SMILES string of the molecule is CC[C@@H](C(=O)NC1CCCC1)n1c(SCc2cccc(C)c2)nc2ccncc21. The third kappa shape index (κ3) is 4.47. The number of carbonyl (C=O) groups excluding carboxylic acids is 1. The van der Waals surface area contributed by atoms with Crippen molar-refractivity contribution in [2.75, 3.05) is 0 Å². The number of imidazole rings is 1. The molecule has 0 aliphatic heterocycles. The van der Waals surface area contributed by atoms with Gasteiger partial charge in [0.05, 0.1) is 17.2 Å². The zero-order valence-electron chi connectivity index (χ0n) is 17.1. The third-order valence-corrected chi connectivity index (χ3v) is 6.64. The van der Waals surface area contributed by atoms with Crippen LogP contribution in [-0.2, 0) is 10.5 Å². The van der Waals surface area contributed by atoms with Crippen molar-refractivity contribution in [2.45, 2.75) is 68.9 Å². The van der Waals surface area contributed by atoms with Crippen molar-refractivity contribution in [1.82, 2.24) is 19.9 Å². The van der Waals surface area contributed by atoms with Gasteiger partial charge in [0.25, 0.3) is 0 Å². The van der Waals surface area contributed by atoms with Gasteiger partial charge in [0.1, 0.15) is 6.04 Å². The first-order valence-electron chi connectivity index (χ1n) is 10.5. The second-order valence-electron chi connectivity index (χ2n) is 7.82. The van der Waals surface area contributed by atoms with Crippen LogP contribution in [-0.4, -0.2) is 26.5 Å². The van der Waals surface area contributed by atoms with E-state index < -0.39 is 0 Å². The molecule has 0 saturated heterocycles. The van der Waals surface area contributed by atoms with E-state index in [0.29, 0.717) is 6.04 Å². The molecule has 3 aromatic rings. The van der Waals surface area contributed by atoms with Gasteiger partial charge in [-0.2, -0.15) is 0 Å². The number of aryl methyl sites for hydroxylation is 1. The first kappa shape index (κ1) is 20.0. The summed E-state index contributed by atoms with van der Waals surface area (Å²) in [6.07, 6.45) is 8.89. The van der Waals surface area contributed by atoms with Crippen molar-refractivity contribution in [3.63, 3.8) is 0 Å². The molecule has 152 valence electrons. The van der Waals surface area contributed by atoms with Crippen molar-refractivity contribution in [3.05, 3.63) is 53.9 Å².